The largest absolute Gasteiger partial charge is 0.469 e. The lowest BCUT2D eigenvalue weighted by molar-refractivity contribution is -0.148. The summed E-state index contributed by atoms with van der Waals surface area (Å²) in [5.41, 5.74) is 0.831. The highest BCUT2D eigenvalue weighted by Crippen LogP contribution is 2.29. The van der Waals surface area contributed by atoms with Crippen molar-refractivity contribution in [1.82, 2.24) is 4.90 Å². The van der Waals surface area contributed by atoms with Crippen LogP contribution < -0.4 is 4.90 Å². The smallest absolute Gasteiger partial charge is 0.312 e. The summed E-state index contributed by atoms with van der Waals surface area (Å²) in [7, 11) is 1.41. The monoisotopic (exact) mass is 392 g/mol. The van der Waals surface area contributed by atoms with Gasteiger partial charge in [0.1, 0.15) is 0 Å². The molecule has 0 bridgehead atoms. The molecule has 1 aromatic rings. The zero-order valence-electron chi connectivity index (χ0n) is 16.4. The number of benzene rings is 1. The predicted molar refractivity (Wildman–Crippen MR) is 109 cm³/mol. The van der Waals surface area contributed by atoms with Gasteiger partial charge in [-0.3, -0.25) is 9.59 Å². The summed E-state index contributed by atoms with van der Waals surface area (Å²) in [4.78, 5) is 29.3. The van der Waals surface area contributed by atoms with Crippen molar-refractivity contribution in [3.05, 3.63) is 41.4 Å². The Morgan fingerprint density at radius 1 is 1.33 bits per heavy atom. The number of hydrogen-bond acceptors (Lipinski definition) is 4. The fourth-order valence-corrected chi connectivity index (χ4v) is 3.74. The number of amides is 1. The molecule has 0 radical (unpaired) electrons. The van der Waals surface area contributed by atoms with E-state index in [1.807, 2.05) is 50.3 Å². The third-order valence-electron chi connectivity index (χ3n) is 4.97. The van der Waals surface area contributed by atoms with Crippen LogP contribution in [0.4, 0.5) is 5.69 Å². The number of methoxy groups -OCH3 is 1. The summed E-state index contributed by atoms with van der Waals surface area (Å²) >= 11 is 5.90. The SMILES string of the molecule is CCC(=O)N(c1ccccc1)C1CCN(CC/C=C(/C)Cl)CC1C(=O)OC. The highest BCUT2D eigenvalue weighted by Gasteiger charge is 2.40. The van der Waals surface area contributed by atoms with E-state index in [-0.39, 0.29) is 23.8 Å². The van der Waals surface area contributed by atoms with Gasteiger partial charge in [-0.05, 0) is 31.9 Å². The Morgan fingerprint density at radius 3 is 2.63 bits per heavy atom. The Hall–Kier alpha value is -1.85. The van der Waals surface area contributed by atoms with Gasteiger partial charge in [0.05, 0.1) is 19.1 Å². The molecule has 1 amide bonds. The molecule has 2 rings (SSSR count). The van der Waals surface area contributed by atoms with Crippen LogP contribution in [0, 0.1) is 5.92 Å². The number of carbonyl (C=O) groups excluding carboxylic acids is 2. The number of halogens is 1. The van der Waals surface area contributed by atoms with Crippen LogP contribution in [0.25, 0.3) is 0 Å². The Bertz CT molecular complexity index is 659. The molecule has 5 nitrogen and oxygen atoms in total. The number of ether oxygens (including phenoxy) is 1. The van der Waals surface area contributed by atoms with Gasteiger partial charge in [-0.2, -0.15) is 0 Å². The molecule has 2 atom stereocenters. The van der Waals surface area contributed by atoms with E-state index in [2.05, 4.69) is 4.90 Å². The number of piperidine rings is 1. The van der Waals surface area contributed by atoms with Crippen LogP contribution in [-0.4, -0.2) is 49.6 Å². The Labute approximate surface area is 166 Å². The van der Waals surface area contributed by atoms with Crippen molar-refractivity contribution in [3.8, 4) is 0 Å². The summed E-state index contributed by atoms with van der Waals surface area (Å²) in [5, 5.41) is 0.776. The highest BCUT2D eigenvalue weighted by atomic mass is 35.5. The Kier molecular flexibility index (Phi) is 8.32. The predicted octanol–water partition coefficient (Wildman–Crippen LogP) is 3.83. The van der Waals surface area contributed by atoms with E-state index in [4.69, 9.17) is 16.3 Å². The Balaban J connectivity index is 2.23. The number of esters is 1. The molecule has 0 spiro atoms. The van der Waals surface area contributed by atoms with E-state index in [1.165, 1.54) is 7.11 Å². The van der Waals surface area contributed by atoms with Crippen LogP contribution in [0.15, 0.2) is 41.4 Å². The first-order valence-electron chi connectivity index (χ1n) is 9.47. The van der Waals surface area contributed by atoms with E-state index in [0.29, 0.717) is 13.0 Å². The molecule has 0 N–H and O–H groups in total. The zero-order chi connectivity index (χ0) is 19.8. The topological polar surface area (TPSA) is 49.9 Å². The van der Waals surface area contributed by atoms with E-state index in [1.54, 1.807) is 4.90 Å². The fraction of sp³-hybridized carbons (Fsp3) is 0.524. The van der Waals surface area contributed by atoms with Crippen molar-refractivity contribution >= 4 is 29.2 Å². The summed E-state index contributed by atoms with van der Waals surface area (Å²) in [6.45, 7) is 5.94. The molecule has 27 heavy (non-hydrogen) atoms. The minimum absolute atomic E-state index is 0.0225. The molecule has 0 aromatic heterocycles. The highest BCUT2D eigenvalue weighted by molar-refractivity contribution is 6.29. The van der Waals surface area contributed by atoms with Gasteiger partial charge in [-0.15, -0.1) is 0 Å². The number of anilines is 1. The van der Waals surface area contributed by atoms with Crippen LogP contribution in [0.3, 0.4) is 0 Å². The van der Waals surface area contributed by atoms with Crippen LogP contribution in [0.2, 0.25) is 0 Å². The van der Waals surface area contributed by atoms with Crippen LogP contribution >= 0.6 is 11.6 Å². The average molecular weight is 393 g/mol. The second kappa shape index (κ2) is 10.5. The summed E-state index contributed by atoms with van der Waals surface area (Å²) in [6, 6.07) is 9.38. The van der Waals surface area contributed by atoms with Gasteiger partial charge in [-0.25, -0.2) is 0 Å². The van der Waals surface area contributed by atoms with E-state index >= 15 is 0 Å². The molecule has 0 aliphatic carbocycles. The van der Waals surface area contributed by atoms with Gasteiger partial charge in [0.2, 0.25) is 5.91 Å². The molecule has 1 aromatic carbocycles. The molecule has 2 unspecified atom stereocenters. The number of carbonyl (C=O) groups is 2. The zero-order valence-corrected chi connectivity index (χ0v) is 17.1. The summed E-state index contributed by atoms with van der Waals surface area (Å²) < 4.78 is 5.07. The maximum Gasteiger partial charge on any atom is 0.312 e. The summed E-state index contributed by atoms with van der Waals surface area (Å²) in [6.07, 6.45) is 3.94. The van der Waals surface area contributed by atoms with E-state index in [0.717, 1.165) is 36.7 Å². The first-order valence-corrected chi connectivity index (χ1v) is 9.85. The molecular formula is C21H29ClN2O3. The van der Waals surface area contributed by atoms with Crippen molar-refractivity contribution in [3.63, 3.8) is 0 Å². The number of allylic oxidation sites excluding steroid dienone is 1. The maximum atomic E-state index is 12.7. The minimum Gasteiger partial charge on any atom is -0.469 e. The first-order chi connectivity index (χ1) is 13.0. The van der Waals surface area contributed by atoms with Gasteiger partial charge in [0, 0.05) is 36.8 Å². The number of hydrogen-bond donors (Lipinski definition) is 0. The Morgan fingerprint density at radius 2 is 2.04 bits per heavy atom. The first kappa shape index (κ1) is 21.5. The lowest BCUT2D eigenvalue weighted by atomic mass is 9.89. The van der Waals surface area contributed by atoms with Gasteiger partial charge < -0.3 is 14.5 Å². The lowest BCUT2D eigenvalue weighted by Crippen LogP contribution is -2.55. The van der Waals surface area contributed by atoms with Crippen LogP contribution in [-0.2, 0) is 14.3 Å². The second-order valence-corrected chi connectivity index (χ2v) is 7.41. The molecule has 1 aliphatic rings. The summed E-state index contributed by atoms with van der Waals surface area (Å²) in [5.74, 6) is -0.617. The van der Waals surface area contributed by atoms with Crippen molar-refractivity contribution < 1.29 is 14.3 Å². The van der Waals surface area contributed by atoms with Gasteiger partial charge in [0.15, 0.2) is 0 Å². The molecule has 1 fully saturated rings. The number of para-hydroxylation sites is 1. The molecule has 6 heteroatoms. The normalized spacial score (nSPS) is 21.0. The van der Waals surface area contributed by atoms with Crippen LogP contribution in [0.5, 0.6) is 0 Å². The molecule has 0 saturated carbocycles. The molecular weight excluding hydrogens is 364 g/mol. The standard InChI is InChI=1S/C21H29ClN2O3/c1-4-20(25)24(17-10-6-5-7-11-17)19-12-14-23(13-8-9-16(2)22)15-18(19)21(26)27-3/h5-7,9-11,18-19H,4,8,12-15H2,1-3H3/b16-9-. The molecule has 1 heterocycles. The van der Waals surface area contributed by atoms with E-state index in [9.17, 15) is 9.59 Å². The third kappa shape index (κ3) is 5.81. The quantitative estimate of drug-likeness (QED) is 0.662. The van der Waals surface area contributed by atoms with Crippen molar-refractivity contribution in [2.24, 2.45) is 5.92 Å². The molecule has 1 saturated heterocycles. The van der Waals surface area contributed by atoms with Crippen molar-refractivity contribution in [2.45, 2.75) is 39.2 Å². The number of rotatable bonds is 7. The van der Waals surface area contributed by atoms with Crippen molar-refractivity contribution in [1.29, 1.82) is 0 Å². The van der Waals surface area contributed by atoms with Crippen molar-refractivity contribution in [2.75, 3.05) is 31.6 Å². The average Bonchev–Trinajstić information content (AvgIpc) is 2.68. The van der Waals surface area contributed by atoms with Gasteiger partial charge in [-0.1, -0.05) is 42.8 Å². The number of nitrogens with zero attached hydrogens (tertiary/aromatic N) is 2. The van der Waals surface area contributed by atoms with Gasteiger partial charge >= 0.3 is 5.97 Å². The van der Waals surface area contributed by atoms with Gasteiger partial charge in [0.25, 0.3) is 0 Å². The molecule has 148 valence electrons. The minimum atomic E-state index is -0.375. The van der Waals surface area contributed by atoms with E-state index < -0.39 is 0 Å². The second-order valence-electron chi connectivity index (χ2n) is 6.82. The maximum absolute atomic E-state index is 12.7. The lowest BCUT2D eigenvalue weighted by Gasteiger charge is -2.42. The third-order valence-corrected chi connectivity index (χ3v) is 5.13. The van der Waals surface area contributed by atoms with Crippen LogP contribution in [0.1, 0.15) is 33.1 Å². The molecule has 1 aliphatic heterocycles. The number of likely N-dealkylation sites (tertiary alicyclic amines) is 1. The fourth-order valence-electron chi connectivity index (χ4n) is 3.63.